The predicted octanol–water partition coefficient (Wildman–Crippen LogP) is 0.649. The van der Waals surface area contributed by atoms with E-state index in [2.05, 4.69) is 15.3 Å². The van der Waals surface area contributed by atoms with Crippen LogP contribution in [0.2, 0.25) is 0 Å². The van der Waals surface area contributed by atoms with Crippen LogP contribution in [0.1, 0.15) is 38.1 Å². The lowest BCUT2D eigenvalue weighted by Gasteiger charge is -2.30. The van der Waals surface area contributed by atoms with Crippen molar-refractivity contribution in [3.05, 3.63) is 18.2 Å². The average molecular weight is 314 g/mol. The van der Waals surface area contributed by atoms with Crippen molar-refractivity contribution in [3.63, 3.8) is 0 Å². The van der Waals surface area contributed by atoms with E-state index in [0.29, 0.717) is 25.9 Å². The Morgan fingerprint density at radius 2 is 2.19 bits per heavy atom. The van der Waals surface area contributed by atoms with Gasteiger partial charge in [-0.1, -0.05) is 6.92 Å². The molecule has 1 unspecified atom stereocenters. The van der Waals surface area contributed by atoms with Crippen LogP contribution in [0.4, 0.5) is 0 Å². The molecule has 0 bridgehead atoms. The van der Waals surface area contributed by atoms with Crippen LogP contribution in [0.5, 0.6) is 0 Å². The molecule has 0 spiro atoms. The van der Waals surface area contributed by atoms with Gasteiger partial charge in [0.25, 0.3) is 0 Å². The SMILES string of the molecule is CCC(NC(=O)C1CCN(S(C)(=O)=O)CC1)c1ncc[nH]1. The molecule has 1 saturated heterocycles. The second kappa shape index (κ2) is 6.57. The third-order valence-corrected chi connectivity index (χ3v) is 5.17. The summed E-state index contributed by atoms with van der Waals surface area (Å²) in [5, 5.41) is 2.99. The van der Waals surface area contributed by atoms with Gasteiger partial charge in [-0.05, 0) is 19.3 Å². The Morgan fingerprint density at radius 1 is 1.52 bits per heavy atom. The van der Waals surface area contributed by atoms with E-state index < -0.39 is 10.0 Å². The highest BCUT2D eigenvalue weighted by atomic mass is 32.2. The number of aromatic nitrogens is 2. The van der Waals surface area contributed by atoms with Gasteiger partial charge in [-0.25, -0.2) is 17.7 Å². The normalized spacial score (nSPS) is 19.3. The first-order valence-corrected chi connectivity index (χ1v) is 9.01. The largest absolute Gasteiger partial charge is 0.347 e. The smallest absolute Gasteiger partial charge is 0.223 e. The van der Waals surface area contributed by atoms with Crippen LogP contribution in [0, 0.1) is 5.92 Å². The number of sulfonamides is 1. The highest BCUT2D eigenvalue weighted by molar-refractivity contribution is 7.88. The molecule has 0 aliphatic carbocycles. The Bertz CT molecular complexity index is 562. The number of H-pyrrole nitrogens is 1. The Labute approximate surface area is 125 Å². The highest BCUT2D eigenvalue weighted by Crippen LogP contribution is 2.21. The van der Waals surface area contributed by atoms with Gasteiger partial charge in [0.1, 0.15) is 5.82 Å². The molecule has 8 heteroatoms. The molecule has 2 N–H and O–H groups in total. The molecule has 2 rings (SSSR count). The molecule has 2 heterocycles. The van der Waals surface area contributed by atoms with Crippen molar-refractivity contribution in [2.75, 3.05) is 19.3 Å². The lowest BCUT2D eigenvalue weighted by molar-refractivity contribution is -0.127. The number of nitrogens with zero attached hydrogens (tertiary/aromatic N) is 2. The summed E-state index contributed by atoms with van der Waals surface area (Å²) in [5.74, 6) is 0.595. The predicted molar refractivity (Wildman–Crippen MR) is 78.9 cm³/mol. The molecule has 7 nitrogen and oxygen atoms in total. The number of carbonyl (C=O) groups excluding carboxylic acids is 1. The molecule has 1 aliphatic heterocycles. The van der Waals surface area contributed by atoms with Gasteiger partial charge in [0.05, 0.1) is 12.3 Å². The lowest BCUT2D eigenvalue weighted by Crippen LogP contribution is -2.43. The third-order valence-electron chi connectivity index (χ3n) is 3.87. The lowest BCUT2D eigenvalue weighted by atomic mass is 9.96. The van der Waals surface area contributed by atoms with E-state index in [1.807, 2.05) is 6.92 Å². The van der Waals surface area contributed by atoms with E-state index in [0.717, 1.165) is 12.2 Å². The molecule has 1 fully saturated rings. The molecule has 0 saturated carbocycles. The maximum Gasteiger partial charge on any atom is 0.223 e. The number of piperidine rings is 1. The van der Waals surface area contributed by atoms with E-state index >= 15 is 0 Å². The molecule has 1 aromatic heterocycles. The Hall–Kier alpha value is -1.41. The van der Waals surface area contributed by atoms with Crippen molar-refractivity contribution in [2.24, 2.45) is 5.92 Å². The van der Waals surface area contributed by atoms with Crippen molar-refractivity contribution in [3.8, 4) is 0 Å². The fourth-order valence-electron chi connectivity index (χ4n) is 2.57. The first-order valence-electron chi connectivity index (χ1n) is 7.16. The van der Waals surface area contributed by atoms with Crippen LogP contribution in [0.3, 0.4) is 0 Å². The van der Waals surface area contributed by atoms with E-state index in [1.165, 1.54) is 10.6 Å². The van der Waals surface area contributed by atoms with Crippen molar-refractivity contribution < 1.29 is 13.2 Å². The number of hydrogen-bond donors (Lipinski definition) is 2. The van der Waals surface area contributed by atoms with E-state index in [4.69, 9.17) is 0 Å². The third kappa shape index (κ3) is 4.04. The van der Waals surface area contributed by atoms with Crippen molar-refractivity contribution in [2.45, 2.75) is 32.2 Å². The van der Waals surface area contributed by atoms with Crippen LogP contribution in [-0.4, -0.2) is 47.9 Å². The van der Waals surface area contributed by atoms with Gasteiger partial charge in [0, 0.05) is 31.4 Å². The summed E-state index contributed by atoms with van der Waals surface area (Å²) in [5.41, 5.74) is 0. The van der Waals surface area contributed by atoms with Crippen LogP contribution >= 0.6 is 0 Å². The van der Waals surface area contributed by atoms with Crippen LogP contribution in [0.25, 0.3) is 0 Å². The van der Waals surface area contributed by atoms with Gasteiger partial charge in [0.15, 0.2) is 0 Å². The van der Waals surface area contributed by atoms with E-state index in [1.54, 1.807) is 12.4 Å². The van der Waals surface area contributed by atoms with Gasteiger partial charge >= 0.3 is 0 Å². The Kier molecular flexibility index (Phi) is 5.00. The Morgan fingerprint density at radius 3 is 2.67 bits per heavy atom. The number of aromatic amines is 1. The quantitative estimate of drug-likeness (QED) is 0.834. The summed E-state index contributed by atoms with van der Waals surface area (Å²) < 4.78 is 24.3. The monoisotopic (exact) mass is 314 g/mol. The van der Waals surface area contributed by atoms with Crippen LogP contribution in [-0.2, 0) is 14.8 Å². The molecule has 1 aromatic rings. The maximum atomic E-state index is 12.3. The van der Waals surface area contributed by atoms with E-state index in [9.17, 15) is 13.2 Å². The minimum atomic E-state index is -3.15. The van der Waals surface area contributed by atoms with E-state index in [-0.39, 0.29) is 17.9 Å². The zero-order chi connectivity index (χ0) is 15.5. The van der Waals surface area contributed by atoms with Crippen LogP contribution in [0.15, 0.2) is 12.4 Å². The van der Waals surface area contributed by atoms with Crippen molar-refractivity contribution in [1.29, 1.82) is 0 Å². The topological polar surface area (TPSA) is 95.2 Å². The summed E-state index contributed by atoms with van der Waals surface area (Å²) >= 11 is 0. The van der Waals surface area contributed by atoms with Crippen molar-refractivity contribution in [1.82, 2.24) is 19.6 Å². The number of rotatable bonds is 5. The van der Waals surface area contributed by atoms with Crippen molar-refractivity contribution >= 4 is 15.9 Å². The zero-order valence-corrected chi connectivity index (χ0v) is 13.2. The summed E-state index contributed by atoms with van der Waals surface area (Å²) in [6.07, 6.45) is 6.48. The number of carbonyl (C=O) groups is 1. The minimum absolute atomic E-state index is 0.0219. The zero-order valence-electron chi connectivity index (χ0n) is 12.4. The first kappa shape index (κ1) is 16.0. The summed E-state index contributed by atoms with van der Waals surface area (Å²) in [4.78, 5) is 19.5. The summed E-state index contributed by atoms with van der Waals surface area (Å²) in [6.45, 7) is 2.81. The second-order valence-corrected chi connectivity index (χ2v) is 7.36. The standard InChI is InChI=1S/C13H22N4O3S/c1-3-11(12-14-6-7-15-12)16-13(18)10-4-8-17(9-5-10)21(2,19)20/h6-7,10-11H,3-5,8-9H2,1-2H3,(H,14,15)(H,16,18). The molecule has 1 aliphatic rings. The molecule has 0 aromatic carbocycles. The number of amides is 1. The van der Waals surface area contributed by atoms with Crippen LogP contribution < -0.4 is 5.32 Å². The average Bonchev–Trinajstić information content (AvgIpc) is 2.97. The highest BCUT2D eigenvalue weighted by Gasteiger charge is 2.30. The number of hydrogen-bond acceptors (Lipinski definition) is 4. The molecule has 0 radical (unpaired) electrons. The molecule has 118 valence electrons. The summed E-state index contributed by atoms with van der Waals surface area (Å²) in [6, 6.07) is -0.125. The van der Waals surface area contributed by atoms with Gasteiger partial charge < -0.3 is 10.3 Å². The minimum Gasteiger partial charge on any atom is -0.347 e. The molecule has 1 amide bonds. The first-order chi connectivity index (χ1) is 9.91. The van der Waals surface area contributed by atoms with Gasteiger partial charge in [-0.3, -0.25) is 4.79 Å². The fraction of sp³-hybridized carbons (Fsp3) is 0.692. The molecule has 21 heavy (non-hydrogen) atoms. The number of imidazole rings is 1. The molecule has 1 atom stereocenters. The summed E-state index contributed by atoms with van der Waals surface area (Å²) in [7, 11) is -3.15. The Balaban J connectivity index is 1.90. The maximum absolute atomic E-state index is 12.3. The number of nitrogens with one attached hydrogen (secondary N) is 2. The van der Waals surface area contributed by atoms with Gasteiger partial charge in [-0.15, -0.1) is 0 Å². The molecular weight excluding hydrogens is 292 g/mol. The molecular formula is C13H22N4O3S. The van der Waals surface area contributed by atoms with Gasteiger partial charge in [-0.2, -0.15) is 0 Å². The van der Waals surface area contributed by atoms with Gasteiger partial charge in [0.2, 0.25) is 15.9 Å². The fourth-order valence-corrected chi connectivity index (χ4v) is 3.45. The second-order valence-electron chi connectivity index (χ2n) is 5.38.